The molecular formula is C17H24BrNO. The number of carbonyl (C=O) groups excluding carboxylic acids is 1. The molecule has 0 heterocycles. The molecule has 0 aliphatic heterocycles. The van der Waals surface area contributed by atoms with Gasteiger partial charge in [-0.2, -0.15) is 0 Å². The Hall–Kier alpha value is -0.830. The molecule has 1 fully saturated rings. The van der Waals surface area contributed by atoms with Crippen LogP contribution in [0.5, 0.6) is 0 Å². The number of hydrogen-bond acceptors (Lipinski definition) is 1. The van der Waals surface area contributed by atoms with Crippen molar-refractivity contribution < 1.29 is 4.79 Å². The standard InChI is InChI=1S/C17H24BrNO/c1-12-8-9-14(10-13(12)2)11-17(20)19(3)16-7-5-4-6-15(16)18/h8-10,15-16H,4-7,11H2,1-3H3. The molecule has 3 heteroatoms. The van der Waals surface area contributed by atoms with Crippen LogP contribution in [0.4, 0.5) is 0 Å². The summed E-state index contributed by atoms with van der Waals surface area (Å²) in [7, 11) is 1.95. The maximum Gasteiger partial charge on any atom is 0.227 e. The van der Waals surface area contributed by atoms with E-state index < -0.39 is 0 Å². The van der Waals surface area contributed by atoms with E-state index in [1.54, 1.807) is 0 Å². The smallest absolute Gasteiger partial charge is 0.227 e. The minimum absolute atomic E-state index is 0.226. The second-order valence-electron chi connectivity index (χ2n) is 5.97. The summed E-state index contributed by atoms with van der Waals surface area (Å²) in [5, 5.41) is 0. The van der Waals surface area contributed by atoms with Crippen molar-refractivity contribution in [2.45, 2.75) is 56.8 Å². The molecule has 2 atom stereocenters. The molecule has 0 spiro atoms. The molecule has 2 rings (SSSR count). The number of amides is 1. The van der Waals surface area contributed by atoms with Crippen molar-refractivity contribution in [2.75, 3.05) is 7.05 Å². The molecule has 0 bridgehead atoms. The third kappa shape index (κ3) is 3.63. The first-order chi connectivity index (χ1) is 9.49. The molecule has 1 aromatic rings. The summed E-state index contributed by atoms with van der Waals surface area (Å²) in [5.74, 6) is 0.226. The highest BCUT2D eigenvalue weighted by Gasteiger charge is 2.28. The molecule has 110 valence electrons. The van der Waals surface area contributed by atoms with Gasteiger partial charge in [-0.15, -0.1) is 0 Å². The van der Waals surface area contributed by atoms with Crippen LogP contribution < -0.4 is 0 Å². The second-order valence-corrected chi connectivity index (χ2v) is 7.14. The Morgan fingerprint density at radius 3 is 2.60 bits per heavy atom. The summed E-state index contributed by atoms with van der Waals surface area (Å²) in [5.41, 5.74) is 3.66. The predicted octanol–water partition coefficient (Wildman–Crippen LogP) is 4.01. The third-order valence-corrected chi connectivity index (χ3v) is 5.53. The van der Waals surface area contributed by atoms with Crippen LogP contribution >= 0.6 is 15.9 Å². The highest BCUT2D eigenvalue weighted by atomic mass is 79.9. The quantitative estimate of drug-likeness (QED) is 0.763. The SMILES string of the molecule is Cc1ccc(CC(=O)N(C)C2CCCCC2Br)cc1C. The molecule has 2 unspecified atom stereocenters. The van der Waals surface area contributed by atoms with E-state index >= 15 is 0 Å². The maximum atomic E-state index is 12.5. The Morgan fingerprint density at radius 1 is 1.25 bits per heavy atom. The Morgan fingerprint density at radius 2 is 1.95 bits per heavy atom. The normalized spacial score (nSPS) is 22.6. The topological polar surface area (TPSA) is 20.3 Å². The van der Waals surface area contributed by atoms with Gasteiger partial charge in [-0.05, 0) is 43.4 Å². The lowest BCUT2D eigenvalue weighted by atomic mass is 9.94. The molecule has 1 aromatic carbocycles. The first-order valence-corrected chi connectivity index (χ1v) is 8.36. The molecule has 1 saturated carbocycles. The van der Waals surface area contributed by atoms with E-state index in [2.05, 4.69) is 48.0 Å². The van der Waals surface area contributed by atoms with Gasteiger partial charge in [0.1, 0.15) is 0 Å². The first kappa shape index (κ1) is 15.6. The van der Waals surface area contributed by atoms with Crippen LogP contribution in [0.15, 0.2) is 18.2 Å². The molecule has 0 radical (unpaired) electrons. The average Bonchev–Trinajstić information content (AvgIpc) is 2.42. The van der Waals surface area contributed by atoms with E-state index in [4.69, 9.17) is 0 Å². The zero-order chi connectivity index (χ0) is 14.7. The van der Waals surface area contributed by atoms with E-state index in [9.17, 15) is 4.79 Å². The fourth-order valence-corrected chi connectivity index (χ4v) is 3.84. The van der Waals surface area contributed by atoms with Crippen LogP contribution in [-0.4, -0.2) is 28.7 Å². The number of nitrogens with zero attached hydrogens (tertiary/aromatic N) is 1. The van der Waals surface area contributed by atoms with Crippen molar-refractivity contribution in [3.8, 4) is 0 Å². The average molecular weight is 338 g/mol. The van der Waals surface area contributed by atoms with Crippen LogP contribution in [0.2, 0.25) is 0 Å². The van der Waals surface area contributed by atoms with Gasteiger partial charge in [-0.3, -0.25) is 4.79 Å². The summed E-state index contributed by atoms with van der Waals surface area (Å²) >= 11 is 3.74. The van der Waals surface area contributed by atoms with Crippen LogP contribution in [0.25, 0.3) is 0 Å². The van der Waals surface area contributed by atoms with Crippen LogP contribution in [0, 0.1) is 13.8 Å². The summed E-state index contributed by atoms with van der Waals surface area (Å²) in [6.07, 6.45) is 5.30. The van der Waals surface area contributed by atoms with Crippen molar-refractivity contribution in [1.82, 2.24) is 4.90 Å². The first-order valence-electron chi connectivity index (χ1n) is 7.45. The predicted molar refractivity (Wildman–Crippen MR) is 87.4 cm³/mol. The lowest BCUT2D eigenvalue weighted by Crippen LogP contribution is -2.44. The Bertz CT molecular complexity index is 486. The van der Waals surface area contributed by atoms with Gasteiger partial charge < -0.3 is 4.90 Å². The van der Waals surface area contributed by atoms with Gasteiger partial charge in [0.05, 0.1) is 6.42 Å². The minimum atomic E-state index is 0.226. The van der Waals surface area contributed by atoms with Crippen molar-refractivity contribution >= 4 is 21.8 Å². The number of hydrogen-bond donors (Lipinski definition) is 0. The minimum Gasteiger partial charge on any atom is -0.341 e. The van der Waals surface area contributed by atoms with Gasteiger partial charge in [-0.1, -0.05) is 47.0 Å². The summed E-state index contributed by atoms with van der Waals surface area (Å²) < 4.78 is 0. The third-order valence-electron chi connectivity index (χ3n) is 4.46. The zero-order valence-electron chi connectivity index (χ0n) is 12.7. The molecule has 1 aliphatic rings. The molecule has 1 amide bonds. The van der Waals surface area contributed by atoms with Crippen molar-refractivity contribution in [3.05, 3.63) is 34.9 Å². The van der Waals surface area contributed by atoms with Gasteiger partial charge in [-0.25, -0.2) is 0 Å². The van der Waals surface area contributed by atoms with E-state index in [1.807, 2.05) is 11.9 Å². The number of aryl methyl sites for hydroxylation is 2. The zero-order valence-corrected chi connectivity index (χ0v) is 14.2. The second kappa shape index (κ2) is 6.75. The Labute approximate surface area is 130 Å². The van der Waals surface area contributed by atoms with Gasteiger partial charge in [0.2, 0.25) is 5.91 Å². The van der Waals surface area contributed by atoms with Crippen molar-refractivity contribution in [3.63, 3.8) is 0 Å². The molecule has 1 aliphatic carbocycles. The van der Waals surface area contributed by atoms with Crippen molar-refractivity contribution in [2.24, 2.45) is 0 Å². The molecule has 0 N–H and O–H groups in total. The highest BCUT2D eigenvalue weighted by molar-refractivity contribution is 9.09. The number of benzene rings is 1. The van der Waals surface area contributed by atoms with Crippen LogP contribution in [-0.2, 0) is 11.2 Å². The van der Waals surface area contributed by atoms with Gasteiger partial charge in [0.15, 0.2) is 0 Å². The summed E-state index contributed by atoms with van der Waals surface area (Å²) in [4.78, 5) is 14.9. The number of alkyl halides is 1. The monoisotopic (exact) mass is 337 g/mol. The Balaban J connectivity index is 2.01. The molecular weight excluding hydrogens is 314 g/mol. The number of carbonyl (C=O) groups is 1. The Kier molecular flexibility index (Phi) is 5.25. The van der Waals surface area contributed by atoms with Gasteiger partial charge >= 0.3 is 0 Å². The number of rotatable bonds is 3. The number of halogens is 1. The van der Waals surface area contributed by atoms with Crippen molar-refractivity contribution in [1.29, 1.82) is 0 Å². The summed E-state index contributed by atoms with van der Waals surface area (Å²) in [6.45, 7) is 4.20. The fourth-order valence-electron chi connectivity index (χ4n) is 2.90. The molecule has 2 nitrogen and oxygen atoms in total. The maximum absolute atomic E-state index is 12.5. The lowest BCUT2D eigenvalue weighted by molar-refractivity contribution is -0.131. The van der Waals surface area contributed by atoms with E-state index in [-0.39, 0.29) is 5.91 Å². The van der Waals surface area contributed by atoms with Crippen LogP contribution in [0.1, 0.15) is 42.4 Å². The van der Waals surface area contributed by atoms with Crippen LogP contribution in [0.3, 0.4) is 0 Å². The summed E-state index contributed by atoms with van der Waals surface area (Å²) in [6, 6.07) is 6.66. The highest BCUT2D eigenvalue weighted by Crippen LogP contribution is 2.28. The molecule has 0 saturated heterocycles. The molecule has 20 heavy (non-hydrogen) atoms. The van der Waals surface area contributed by atoms with E-state index in [0.29, 0.717) is 17.3 Å². The van der Waals surface area contributed by atoms with Gasteiger partial charge in [0.25, 0.3) is 0 Å². The van der Waals surface area contributed by atoms with Gasteiger partial charge in [0, 0.05) is 17.9 Å². The number of likely N-dealkylation sites (N-methyl/N-ethyl adjacent to an activating group) is 1. The molecule has 0 aromatic heterocycles. The van der Waals surface area contributed by atoms with E-state index in [1.165, 1.54) is 30.4 Å². The fraction of sp³-hybridized carbons (Fsp3) is 0.588. The lowest BCUT2D eigenvalue weighted by Gasteiger charge is -2.35. The van der Waals surface area contributed by atoms with E-state index in [0.717, 1.165) is 12.0 Å². The largest absolute Gasteiger partial charge is 0.341 e.